The molecule has 0 saturated carbocycles. The van der Waals surface area contributed by atoms with Crippen molar-refractivity contribution in [2.45, 2.75) is 26.8 Å². The molecular weight excluding hydrogens is 280 g/mol. The van der Waals surface area contributed by atoms with Gasteiger partial charge in [-0.25, -0.2) is 9.78 Å². The van der Waals surface area contributed by atoms with Gasteiger partial charge in [0.15, 0.2) is 0 Å². The molecule has 0 radical (unpaired) electrons. The minimum absolute atomic E-state index is 0.138. The SMILES string of the molecule is CCOc1ncccc1CNC(=O)NC[C@H]1CCN(CC)C1. The smallest absolute Gasteiger partial charge is 0.315 e. The lowest BCUT2D eigenvalue weighted by Crippen LogP contribution is -2.38. The second kappa shape index (κ2) is 8.58. The summed E-state index contributed by atoms with van der Waals surface area (Å²) in [4.78, 5) is 18.5. The van der Waals surface area contributed by atoms with E-state index in [4.69, 9.17) is 4.74 Å². The molecule has 1 fully saturated rings. The number of aromatic nitrogens is 1. The van der Waals surface area contributed by atoms with Crippen LogP contribution >= 0.6 is 0 Å². The number of hydrogen-bond donors (Lipinski definition) is 2. The Bertz CT molecular complexity index is 481. The van der Waals surface area contributed by atoms with Crippen LogP contribution in [0.15, 0.2) is 18.3 Å². The lowest BCUT2D eigenvalue weighted by Gasteiger charge is -2.14. The molecule has 1 saturated heterocycles. The van der Waals surface area contributed by atoms with Gasteiger partial charge in [0.05, 0.1) is 6.61 Å². The summed E-state index contributed by atoms with van der Waals surface area (Å²) in [5.74, 6) is 1.14. The normalized spacial score (nSPS) is 18.2. The van der Waals surface area contributed by atoms with E-state index >= 15 is 0 Å². The van der Waals surface area contributed by atoms with Crippen molar-refractivity contribution in [1.82, 2.24) is 20.5 Å². The molecule has 2 N–H and O–H groups in total. The van der Waals surface area contributed by atoms with Gasteiger partial charge >= 0.3 is 6.03 Å². The maximum Gasteiger partial charge on any atom is 0.315 e. The fourth-order valence-electron chi connectivity index (χ4n) is 2.67. The molecule has 0 unspecified atom stereocenters. The molecule has 1 atom stereocenters. The zero-order valence-electron chi connectivity index (χ0n) is 13.5. The van der Waals surface area contributed by atoms with E-state index in [1.165, 1.54) is 0 Å². The summed E-state index contributed by atoms with van der Waals surface area (Å²) >= 11 is 0. The van der Waals surface area contributed by atoms with E-state index < -0.39 is 0 Å². The van der Waals surface area contributed by atoms with Crippen molar-refractivity contribution in [2.75, 3.05) is 32.8 Å². The van der Waals surface area contributed by atoms with E-state index in [-0.39, 0.29) is 6.03 Å². The predicted octanol–water partition coefficient (Wildman–Crippen LogP) is 1.62. The van der Waals surface area contributed by atoms with E-state index in [2.05, 4.69) is 27.4 Å². The number of urea groups is 1. The van der Waals surface area contributed by atoms with Crippen molar-refractivity contribution in [1.29, 1.82) is 0 Å². The van der Waals surface area contributed by atoms with Gasteiger partial charge in [0.1, 0.15) is 0 Å². The van der Waals surface area contributed by atoms with Crippen LogP contribution in [0.25, 0.3) is 0 Å². The lowest BCUT2D eigenvalue weighted by molar-refractivity contribution is 0.238. The lowest BCUT2D eigenvalue weighted by atomic mass is 10.1. The van der Waals surface area contributed by atoms with Gasteiger partial charge in [0, 0.05) is 31.4 Å². The molecule has 2 amide bonds. The summed E-state index contributed by atoms with van der Waals surface area (Å²) in [6.07, 6.45) is 2.85. The molecule has 1 aliphatic rings. The van der Waals surface area contributed by atoms with Gasteiger partial charge in [-0.3, -0.25) is 0 Å². The number of nitrogens with zero attached hydrogens (tertiary/aromatic N) is 2. The summed E-state index contributed by atoms with van der Waals surface area (Å²) < 4.78 is 5.45. The molecule has 0 bridgehead atoms. The Balaban J connectivity index is 1.72. The van der Waals surface area contributed by atoms with E-state index in [1.54, 1.807) is 6.20 Å². The molecule has 0 aliphatic carbocycles. The van der Waals surface area contributed by atoms with Crippen LogP contribution < -0.4 is 15.4 Å². The summed E-state index contributed by atoms with van der Waals surface area (Å²) in [6.45, 7) is 9.10. The Morgan fingerprint density at radius 2 is 2.32 bits per heavy atom. The van der Waals surface area contributed by atoms with Gasteiger partial charge in [-0.1, -0.05) is 13.0 Å². The molecule has 0 aromatic carbocycles. The number of ether oxygens (including phenoxy) is 1. The number of hydrogen-bond acceptors (Lipinski definition) is 4. The fourth-order valence-corrected chi connectivity index (χ4v) is 2.67. The maximum atomic E-state index is 11.9. The first-order valence-electron chi connectivity index (χ1n) is 8.03. The molecule has 22 heavy (non-hydrogen) atoms. The molecule has 1 aliphatic heterocycles. The number of likely N-dealkylation sites (tertiary alicyclic amines) is 1. The fraction of sp³-hybridized carbons (Fsp3) is 0.625. The number of nitrogens with one attached hydrogen (secondary N) is 2. The third-order valence-corrected chi connectivity index (χ3v) is 3.94. The highest BCUT2D eigenvalue weighted by Crippen LogP contribution is 2.15. The summed E-state index contributed by atoms with van der Waals surface area (Å²) in [6, 6.07) is 3.62. The van der Waals surface area contributed by atoms with Crippen LogP contribution in [0.4, 0.5) is 4.79 Å². The monoisotopic (exact) mass is 306 g/mol. The Kier molecular flexibility index (Phi) is 6.45. The Hall–Kier alpha value is -1.82. The minimum atomic E-state index is -0.138. The van der Waals surface area contributed by atoms with Crippen molar-refractivity contribution in [3.05, 3.63) is 23.9 Å². The van der Waals surface area contributed by atoms with Gasteiger partial charge in [-0.15, -0.1) is 0 Å². The van der Waals surface area contributed by atoms with Crippen molar-refractivity contribution in [2.24, 2.45) is 5.92 Å². The van der Waals surface area contributed by atoms with Crippen LogP contribution in [0.5, 0.6) is 5.88 Å². The molecule has 1 aromatic heterocycles. The van der Waals surface area contributed by atoms with Crippen LogP contribution in [0.2, 0.25) is 0 Å². The van der Waals surface area contributed by atoms with Gasteiger partial charge in [-0.2, -0.15) is 0 Å². The Labute approximate surface area is 132 Å². The topological polar surface area (TPSA) is 66.5 Å². The largest absolute Gasteiger partial charge is 0.478 e. The average Bonchev–Trinajstić information content (AvgIpc) is 3.00. The van der Waals surface area contributed by atoms with Crippen molar-refractivity contribution < 1.29 is 9.53 Å². The van der Waals surface area contributed by atoms with Crippen molar-refractivity contribution in [3.8, 4) is 5.88 Å². The number of amides is 2. The van der Waals surface area contributed by atoms with Gasteiger partial charge < -0.3 is 20.3 Å². The highest BCUT2D eigenvalue weighted by molar-refractivity contribution is 5.73. The maximum absolute atomic E-state index is 11.9. The van der Waals surface area contributed by atoms with Gasteiger partial charge in [-0.05, 0) is 38.4 Å². The quantitative estimate of drug-likeness (QED) is 0.803. The van der Waals surface area contributed by atoms with Crippen molar-refractivity contribution >= 4 is 6.03 Å². The molecule has 6 heteroatoms. The second-order valence-electron chi connectivity index (χ2n) is 5.51. The average molecular weight is 306 g/mol. The van der Waals surface area contributed by atoms with E-state index in [1.807, 2.05) is 19.1 Å². The first-order valence-corrected chi connectivity index (χ1v) is 8.03. The molecule has 0 spiro atoms. The first kappa shape index (κ1) is 16.5. The van der Waals surface area contributed by atoms with Crippen molar-refractivity contribution in [3.63, 3.8) is 0 Å². The first-order chi connectivity index (χ1) is 10.7. The molecule has 2 heterocycles. The second-order valence-corrected chi connectivity index (χ2v) is 5.51. The number of pyridine rings is 1. The van der Waals surface area contributed by atoms with Gasteiger partial charge in [0.2, 0.25) is 5.88 Å². The van der Waals surface area contributed by atoms with E-state index in [0.717, 1.165) is 38.2 Å². The zero-order chi connectivity index (χ0) is 15.8. The minimum Gasteiger partial charge on any atom is -0.478 e. The standard InChI is InChI=1S/C16H26N4O2/c1-3-20-9-7-13(12-20)10-18-16(21)19-11-14-6-5-8-17-15(14)22-4-2/h5-6,8,13H,3-4,7,9-12H2,1-2H3,(H2,18,19,21)/t13-/m1/s1. The third-order valence-electron chi connectivity index (χ3n) is 3.94. The zero-order valence-corrected chi connectivity index (χ0v) is 13.5. The van der Waals surface area contributed by atoms with Gasteiger partial charge in [0.25, 0.3) is 0 Å². The van der Waals surface area contributed by atoms with Crippen LogP contribution in [0.1, 0.15) is 25.8 Å². The number of carbonyl (C=O) groups excluding carboxylic acids is 1. The van der Waals surface area contributed by atoms with Crippen LogP contribution in [-0.2, 0) is 6.54 Å². The summed E-state index contributed by atoms with van der Waals surface area (Å²) in [5.41, 5.74) is 0.887. The summed E-state index contributed by atoms with van der Waals surface area (Å²) in [7, 11) is 0. The third kappa shape index (κ3) is 4.87. The Morgan fingerprint density at radius 3 is 3.05 bits per heavy atom. The molecule has 122 valence electrons. The van der Waals surface area contributed by atoms with Crippen LogP contribution in [0, 0.1) is 5.92 Å². The summed E-state index contributed by atoms with van der Waals surface area (Å²) in [5, 5.41) is 5.82. The molecule has 6 nitrogen and oxygen atoms in total. The molecule has 2 rings (SSSR count). The number of rotatable bonds is 7. The highest BCUT2D eigenvalue weighted by atomic mass is 16.5. The Morgan fingerprint density at radius 1 is 1.45 bits per heavy atom. The highest BCUT2D eigenvalue weighted by Gasteiger charge is 2.21. The predicted molar refractivity (Wildman–Crippen MR) is 85.9 cm³/mol. The van der Waals surface area contributed by atoms with Crippen LogP contribution in [-0.4, -0.2) is 48.7 Å². The molecule has 1 aromatic rings. The van der Waals surface area contributed by atoms with E-state index in [0.29, 0.717) is 24.9 Å². The van der Waals surface area contributed by atoms with E-state index in [9.17, 15) is 4.79 Å². The molecular formula is C16H26N4O2. The van der Waals surface area contributed by atoms with Crippen LogP contribution in [0.3, 0.4) is 0 Å². The number of carbonyl (C=O) groups is 1.